The Morgan fingerprint density at radius 3 is 2.68 bits per heavy atom. The Hall–Kier alpha value is -1.92. The van der Waals surface area contributed by atoms with Gasteiger partial charge in [-0.05, 0) is 24.6 Å². The van der Waals surface area contributed by atoms with Crippen molar-refractivity contribution in [3.63, 3.8) is 0 Å². The van der Waals surface area contributed by atoms with Crippen LogP contribution in [0.4, 0.5) is 10.8 Å². The summed E-state index contributed by atoms with van der Waals surface area (Å²) in [5.74, 6) is -1.53. The van der Waals surface area contributed by atoms with E-state index in [1.807, 2.05) is 0 Å². The number of amides is 2. The quantitative estimate of drug-likeness (QED) is 0.837. The van der Waals surface area contributed by atoms with Crippen molar-refractivity contribution >= 4 is 45.6 Å². The van der Waals surface area contributed by atoms with Crippen LogP contribution in [0, 0.1) is 6.92 Å². The molecule has 0 fully saturated rings. The summed E-state index contributed by atoms with van der Waals surface area (Å²) >= 11 is 7.17. The molecule has 1 heterocycles. The lowest BCUT2D eigenvalue weighted by molar-refractivity contribution is -0.133. The first-order valence-corrected chi connectivity index (χ1v) is 6.60. The van der Waals surface area contributed by atoms with Gasteiger partial charge in [0.05, 0.1) is 0 Å². The van der Waals surface area contributed by atoms with Crippen LogP contribution in [0.5, 0.6) is 0 Å². The van der Waals surface area contributed by atoms with Crippen molar-refractivity contribution in [3.8, 4) is 0 Å². The Labute approximate surface area is 118 Å². The molecule has 0 atom stereocenters. The molecular formula is C12H10ClN3O2S. The van der Waals surface area contributed by atoms with Crippen molar-refractivity contribution in [3.05, 3.63) is 40.4 Å². The number of halogens is 1. The van der Waals surface area contributed by atoms with Crippen LogP contribution in [0.2, 0.25) is 5.02 Å². The van der Waals surface area contributed by atoms with Crippen LogP contribution in [0.1, 0.15) is 5.56 Å². The number of thiazole rings is 1. The summed E-state index contributed by atoms with van der Waals surface area (Å²) in [6.45, 7) is 1.76. The summed E-state index contributed by atoms with van der Waals surface area (Å²) < 4.78 is 0. The number of rotatable bonds is 2. The van der Waals surface area contributed by atoms with Gasteiger partial charge >= 0.3 is 11.8 Å². The predicted molar refractivity (Wildman–Crippen MR) is 75.6 cm³/mol. The largest absolute Gasteiger partial charge is 0.317 e. The van der Waals surface area contributed by atoms with Crippen LogP contribution in [-0.2, 0) is 9.59 Å². The Morgan fingerprint density at radius 2 is 2.00 bits per heavy atom. The van der Waals surface area contributed by atoms with Crippen molar-refractivity contribution in [2.45, 2.75) is 6.92 Å². The number of carbonyl (C=O) groups excluding carboxylic acids is 2. The van der Waals surface area contributed by atoms with E-state index < -0.39 is 11.8 Å². The van der Waals surface area contributed by atoms with Crippen LogP contribution in [0.15, 0.2) is 29.8 Å². The zero-order valence-corrected chi connectivity index (χ0v) is 11.5. The lowest BCUT2D eigenvalue weighted by Gasteiger charge is -2.08. The van der Waals surface area contributed by atoms with Gasteiger partial charge in [-0.1, -0.05) is 17.7 Å². The molecule has 1 aromatic carbocycles. The van der Waals surface area contributed by atoms with Crippen LogP contribution in [0.3, 0.4) is 0 Å². The molecule has 0 aliphatic rings. The Kier molecular flexibility index (Phi) is 4.13. The highest BCUT2D eigenvalue weighted by molar-refractivity contribution is 7.13. The molecular weight excluding hydrogens is 286 g/mol. The minimum Gasteiger partial charge on any atom is -0.317 e. The van der Waals surface area contributed by atoms with E-state index in [1.165, 1.54) is 11.3 Å². The van der Waals surface area contributed by atoms with Crippen LogP contribution in [-0.4, -0.2) is 16.8 Å². The Bertz CT molecular complexity index is 613. The normalized spacial score (nSPS) is 10.0. The molecule has 0 spiro atoms. The first-order chi connectivity index (χ1) is 9.08. The van der Waals surface area contributed by atoms with Gasteiger partial charge in [0.1, 0.15) is 0 Å². The molecule has 2 rings (SSSR count). The fourth-order valence-corrected chi connectivity index (χ4v) is 2.06. The second-order valence-electron chi connectivity index (χ2n) is 3.66. The third kappa shape index (κ3) is 3.30. The molecule has 7 heteroatoms. The monoisotopic (exact) mass is 295 g/mol. The number of anilines is 2. The predicted octanol–water partition coefficient (Wildman–Crippen LogP) is 2.68. The third-order valence-electron chi connectivity index (χ3n) is 2.37. The molecule has 0 aliphatic carbocycles. The number of nitrogens with one attached hydrogen (secondary N) is 2. The lowest BCUT2D eigenvalue weighted by atomic mass is 10.2. The van der Waals surface area contributed by atoms with Gasteiger partial charge in [0.25, 0.3) is 0 Å². The maximum Gasteiger partial charge on any atom is 0.315 e. The molecule has 1 aromatic heterocycles. The molecule has 5 nitrogen and oxygen atoms in total. The lowest BCUT2D eigenvalue weighted by Crippen LogP contribution is -2.29. The van der Waals surface area contributed by atoms with Gasteiger partial charge in [0, 0.05) is 22.3 Å². The second kappa shape index (κ2) is 5.81. The van der Waals surface area contributed by atoms with Gasteiger partial charge in [0.15, 0.2) is 5.13 Å². The first-order valence-electron chi connectivity index (χ1n) is 5.35. The van der Waals surface area contributed by atoms with Crippen LogP contribution < -0.4 is 10.6 Å². The Balaban J connectivity index is 2.04. The molecule has 98 valence electrons. The zero-order chi connectivity index (χ0) is 13.8. The van der Waals surface area contributed by atoms with E-state index in [9.17, 15) is 9.59 Å². The summed E-state index contributed by atoms with van der Waals surface area (Å²) in [5, 5.41) is 7.51. The second-order valence-corrected chi connectivity index (χ2v) is 4.96. The van der Waals surface area contributed by atoms with Gasteiger partial charge < -0.3 is 5.32 Å². The number of hydrogen-bond acceptors (Lipinski definition) is 4. The molecule has 0 saturated carbocycles. The van der Waals surface area contributed by atoms with Crippen molar-refractivity contribution in [2.24, 2.45) is 0 Å². The molecule has 19 heavy (non-hydrogen) atoms. The smallest absolute Gasteiger partial charge is 0.315 e. The summed E-state index contributed by atoms with van der Waals surface area (Å²) in [5.41, 5.74) is 1.21. The fraction of sp³-hybridized carbons (Fsp3) is 0.0833. The summed E-state index contributed by atoms with van der Waals surface area (Å²) in [7, 11) is 0. The molecule has 0 aliphatic heterocycles. The van der Waals surface area contributed by atoms with E-state index in [2.05, 4.69) is 15.6 Å². The highest BCUT2D eigenvalue weighted by Crippen LogP contribution is 2.22. The number of aromatic nitrogens is 1. The highest BCUT2D eigenvalue weighted by atomic mass is 35.5. The topological polar surface area (TPSA) is 71.1 Å². The summed E-state index contributed by atoms with van der Waals surface area (Å²) in [6.07, 6.45) is 1.54. The minimum atomic E-state index is -0.769. The van der Waals surface area contributed by atoms with Gasteiger partial charge in [-0.3, -0.25) is 14.9 Å². The van der Waals surface area contributed by atoms with Gasteiger partial charge in [-0.2, -0.15) is 0 Å². The fourth-order valence-electron chi connectivity index (χ4n) is 1.36. The minimum absolute atomic E-state index is 0.378. The van der Waals surface area contributed by atoms with Crippen molar-refractivity contribution < 1.29 is 9.59 Å². The Morgan fingerprint density at radius 1 is 1.26 bits per heavy atom. The van der Waals surface area contributed by atoms with Crippen molar-refractivity contribution in [2.75, 3.05) is 10.6 Å². The van der Waals surface area contributed by atoms with Crippen LogP contribution in [0.25, 0.3) is 0 Å². The maximum atomic E-state index is 11.7. The van der Waals surface area contributed by atoms with Crippen LogP contribution >= 0.6 is 22.9 Å². The van der Waals surface area contributed by atoms with Gasteiger partial charge in [-0.25, -0.2) is 4.98 Å². The molecule has 2 N–H and O–H groups in total. The molecule has 0 radical (unpaired) electrons. The first kappa shape index (κ1) is 13.5. The summed E-state index contributed by atoms with van der Waals surface area (Å²) in [6, 6.07) is 5.08. The number of nitrogens with zero attached hydrogens (tertiary/aromatic N) is 1. The molecule has 2 aromatic rings. The van der Waals surface area contributed by atoms with E-state index in [0.717, 1.165) is 0 Å². The average Bonchev–Trinajstić information content (AvgIpc) is 2.87. The highest BCUT2D eigenvalue weighted by Gasteiger charge is 2.16. The summed E-state index contributed by atoms with van der Waals surface area (Å²) in [4.78, 5) is 27.2. The number of hydrogen-bond donors (Lipinski definition) is 2. The molecule has 0 saturated heterocycles. The zero-order valence-electron chi connectivity index (χ0n) is 9.94. The molecule has 0 unspecified atom stereocenters. The third-order valence-corrected chi connectivity index (χ3v) is 3.47. The van der Waals surface area contributed by atoms with E-state index in [-0.39, 0.29) is 0 Å². The van der Waals surface area contributed by atoms with E-state index in [0.29, 0.717) is 21.4 Å². The average molecular weight is 296 g/mol. The number of carbonyl (C=O) groups is 2. The molecule has 0 bridgehead atoms. The van der Waals surface area contributed by atoms with Gasteiger partial charge in [0.2, 0.25) is 0 Å². The van der Waals surface area contributed by atoms with E-state index in [4.69, 9.17) is 11.6 Å². The SMILES string of the molecule is Cc1c(Cl)cccc1NC(=O)C(=O)Nc1nccs1. The number of benzene rings is 1. The van der Waals surface area contributed by atoms with Crippen molar-refractivity contribution in [1.29, 1.82) is 0 Å². The molecule has 2 amide bonds. The standard InChI is InChI=1S/C12H10ClN3O2S/c1-7-8(13)3-2-4-9(7)15-10(17)11(18)16-12-14-5-6-19-12/h2-6H,1H3,(H,15,17)(H,14,16,18). The van der Waals surface area contributed by atoms with E-state index >= 15 is 0 Å². The van der Waals surface area contributed by atoms with E-state index in [1.54, 1.807) is 36.7 Å². The van der Waals surface area contributed by atoms with Gasteiger partial charge in [-0.15, -0.1) is 11.3 Å². The maximum absolute atomic E-state index is 11.7. The van der Waals surface area contributed by atoms with Crippen molar-refractivity contribution in [1.82, 2.24) is 4.98 Å².